The zero-order chi connectivity index (χ0) is 18.8. The van der Waals surface area contributed by atoms with Gasteiger partial charge in [-0.15, -0.1) is 0 Å². The number of morpholine rings is 1. The number of carbonyl (C=O) groups is 1. The minimum atomic E-state index is -1.37. The zero-order valence-electron chi connectivity index (χ0n) is 15.5. The maximum absolute atomic E-state index is 11.1. The fraction of sp³-hybridized carbons (Fsp3) is 0.579. The summed E-state index contributed by atoms with van der Waals surface area (Å²) in [6.07, 6.45) is 3.54. The molecule has 2 aromatic heterocycles. The third kappa shape index (κ3) is 3.65. The highest BCUT2D eigenvalue weighted by atomic mass is 16.7. The van der Waals surface area contributed by atoms with E-state index in [0.717, 1.165) is 63.0 Å². The molecule has 4 rings (SSSR count). The van der Waals surface area contributed by atoms with E-state index in [0.29, 0.717) is 11.5 Å². The summed E-state index contributed by atoms with van der Waals surface area (Å²) in [4.78, 5) is 21.2. The number of nitrogens with one attached hydrogen (secondary N) is 1. The van der Waals surface area contributed by atoms with E-state index in [2.05, 4.69) is 14.9 Å². The number of hydrogen-bond acceptors (Lipinski definition) is 6. The van der Waals surface area contributed by atoms with Crippen LogP contribution >= 0.6 is 0 Å². The van der Waals surface area contributed by atoms with Crippen molar-refractivity contribution in [2.75, 3.05) is 40.0 Å². The molecule has 146 valence electrons. The number of ether oxygens (including phenoxy) is 3. The van der Waals surface area contributed by atoms with E-state index in [9.17, 15) is 4.79 Å². The molecule has 1 unspecified atom stereocenters. The lowest BCUT2D eigenvalue weighted by Gasteiger charge is -2.32. The number of aromatic amines is 1. The van der Waals surface area contributed by atoms with E-state index >= 15 is 0 Å². The van der Waals surface area contributed by atoms with Crippen molar-refractivity contribution in [3.63, 3.8) is 0 Å². The van der Waals surface area contributed by atoms with Gasteiger partial charge in [0.1, 0.15) is 0 Å². The minimum Gasteiger partial charge on any atom is -0.449 e. The molecule has 2 aliphatic rings. The van der Waals surface area contributed by atoms with E-state index in [-0.39, 0.29) is 12.5 Å². The first-order valence-corrected chi connectivity index (χ1v) is 9.39. The van der Waals surface area contributed by atoms with Gasteiger partial charge in [-0.05, 0) is 30.7 Å². The molecule has 0 amide bonds. The lowest BCUT2D eigenvalue weighted by atomic mass is 9.84. The van der Waals surface area contributed by atoms with Crippen molar-refractivity contribution in [3.05, 3.63) is 23.0 Å². The van der Waals surface area contributed by atoms with Crippen LogP contribution in [0.3, 0.4) is 0 Å². The highest BCUT2D eigenvalue weighted by molar-refractivity contribution is 5.90. The highest BCUT2D eigenvalue weighted by Gasteiger charge is 2.29. The smallest absolute Gasteiger partial charge is 0.449 e. The maximum atomic E-state index is 11.1. The summed E-state index contributed by atoms with van der Waals surface area (Å²) in [6, 6.07) is 0. The molecule has 3 heterocycles. The van der Waals surface area contributed by atoms with Gasteiger partial charge >= 0.3 is 6.16 Å². The SMILES string of the molecule is COCc1c(OC(=O)O)ncc2[nH]c3c(c12)C(CN1CCOCC1)CCC3. The molecule has 1 aliphatic carbocycles. The number of hydrogen-bond donors (Lipinski definition) is 2. The van der Waals surface area contributed by atoms with Crippen LogP contribution in [-0.2, 0) is 22.5 Å². The van der Waals surface area contributed by atoms with E-state index in [1.54, 1.807) is 13.3 Å². The molecule has 2 N–H and O–H groups in total. The highest BCUT2D eigenvalue weighted by Crippen LogP contribution is 2.41. The van der Waals surface area contributed by atoms with Gasteiger partial charge in [0, 0.05) is 37.8 Å². The van der Waals surface area contributed by atoms with Crippen molar-refractivity contribution in [2.24, 2.45) is 0 Å². The standard InChI is InChI=1S/C19H25N3O5/c1-25-11-13-17-15(9-20-18(13)27-19(23)24)21-14-4-2-3-12(16(14)17)10-22-5-7-26-8-6-22/h9,12,21H,2-8,10-11H2,1H3,(H,23,24). The van der Waals surface area contributed by atoms with Gasteiger partial charge in [0.2, 0.25) is 5.88 Å². The average Bonchev–Trinajstić information content (AvgIpc) is 3.04. The van der Waals surface area contributed by atoms with Crippen LogP contribution in [0.5, 0.6) is 5.88 Å². The van der Waals surface area contributed by atoms with Crippen LogP contribution in [-0.4, -0.2) is 66.1 Å². The molecule has 0 bridgehead atoms. The summed E-state index contributed by atoms with van der Waals surface area (Å²) in [6.45, 7) is 4.70. The monoisotopic (exact) mass is 375 g/mol. The lowest BCUT2D eigenvalue weighted by molar-refractivity contribution is 0.0343. The van der Waals surface area contributed by atoms with E-state index in [1.165, 1.54) is 11.3 Å². The Morgan fingerprint density at radius 2 is 2.26 bits per heavy atom. The van der Waals surface area contributed by atoms with Crippen molar-refractivity contribution in [1.29, 1.82) is 0 Å². The molecule has 0 radical (unpaired) electrons. The quantitative estimate of drug-likeness (QED) is 0.775. The molecule has 2 aromatic rings. The number of rotatable bonds is 5. The Kier molecular flexibility index (Phi) is 5.29. The molecular weight excluding hydrogens is 350 g/mol. The number of nitrogens with zero attached hydrogens (tertiary/aromatic N) is 2. The van der Waals surface area contributed by atoms with Crippen LogP contribution in [0.25, 0.3) is 10.9 Å². The maximum Gasteiger partial charge on any atom is 0.512 e. The first-order chi connectivity index (χ1) is 13.2. The number of carboxylic acid groups (broad SMARTS) is 1. The number of fused-ring (bicyclic) bond motifs is 3. The normalized spacial score (nSPS) is 20.6. The van der Waals surface area contributed by atoms with Crippen LogP contribution < -0.4 is 4.74 Å². The van der Waals surface area contributed by atoms with Gasteiger partial charge in [-0.3, -0.25) is 4.90 Å². The number of aromatic nitrogens is 2. The van der Waals surface area contributed by atoms with Gasteiger partial charge in [-0.25, -0.2) is 9.78 Å². The minimum absolute atomic E-state index is 0.106. The van der Waals surface area contributed by atoms with Gasteiger partial charge in [-0.1, -0.05) is 0 Å². The summed E-state index contributed by atoms with van der Waals surface area (Å²) < 4.78 is 15.8. The summed E-state index contributed by atoms with van der Waals surface area (Å²) in [7, 11) is 1.59. The third-order valence-corrected chi connectivity index (χ3v) is 5.46. The van der Waals surface area contributed by atoms with Crippen molar-refractivity contribution in [3.8, 4) is 5.88 Å². The van der Waals surface area contributed by atoms with Crippen LogP contribution in [0, 0.1) is 0 Å². The summed E-state index contributed by atoms with van der Waals surface area (Å²) >= 11 is 0. The first kappa shape index (κ1) is 18.2. The van der Waals surface area contributed by atoms with Gasteiger partial charge in [-0.2, -0.15) is 0 Å². The van der Waals surface area contributed by atoms with Gasteiger partial charge < -0.3 is 24.3 Å². The van der Waals surface area contributed by atoms with E-state index in [4.69, 9.17) is 19.3 Å². The Labute approximate surface area is 157 Å². The molecule has 1 saturated heterocycles. The second-order valence-electron chi connectivity index (χ2n) is 7.15. The summed E-state index contributed by atoms with van der Waals surface area (Å²) in [5, 5.41) is 10.1. The van der Waals surface area contributed by atoms with Crippen LogP contribution in [0.4, 0.5) is 4.79 Å². The van der Waals surface area contributed by atoms with Crippen molar-refractivity contribution in [2.45, 2.75) is 31.8 Å². The number of pyridine rings is 1. The van der Waals surface area contributed by atoms with Crippen molar-refractivity contribution >= 4 is 17.1 Å². The fourth-order valence-corrected chi connectivity index (χ4v) is 4.36. The fourth-order valence-electron chi connectivity index (χ4n) is 4.36. The Morgan fingerprint density at radius 1 is 1.44 bits per heavy atom. The van der Waals surface area contributed by atoms with Gasteiger partial charge in [0.25, 0.3) is 0 Å². The van der Waals surface area contributed by atoms with Crippen molar-refractivity contribution in [1.82, 2.24) is 14.9 Å². The molecule has 1 aliphatic heterocycles. The molecular formula is C19H25N3O5. The van der Waals surface area contributed by atoms with Gasteiger partial charge in [0.15, 0.2) is 0 Å². The average molecular weight is 375 g/mol. The summed E-state index contributed by atoms with van der Waals surface area (Å²) in [5.41, 5.74) is 4.11. The molecule has 8 nitrogen and oxygen atoms in total. The van der Waals surface area contributed by atoms with Crippen LogP contribution in [0.2, 0.25) is 0 Å². The third-order valence-electron chi connectivity index (χ3n) is 5.46. The Bertz CT molecular complexity index is 828. The van der Waals surface area contributed by atoms with Crippen LogP contribution in [0.1, 0.15) is 35.6 Å². The predicted molar refractivity (Wildman–Crippen MR) is 98.4 cm³/mol. The largest absolute Gasteiger partial charge is 0.512 e. The van der Waals surface area contributed by atoms with Gasteiger partial charge in [0.05, 0.1) is 37.1 Å². The predicted octanol–water partition coefficient (Wildman–Crippen LogP) is 2.52. The number of aryl methyl sites for hydroxylation is 1. The second kappa shape index (κ2) is 7.84. The molecule has 0 aromatic carbocycles. The Morgan fingerprint density at radius 3 is 3.00 bits per heavy atom. The van der Waals surface area contributed by atoms with Crippen molar-refractivity contribution < 1.29 is 24.1 Å². The van der Waals surface area contributed by atoms with E-state index < -0.39 is 6.16 Å². The number of H-pyrrole nitrogens is 1. The molecule has 27 heavy (non-hydrogen) atoms. The molecule has 0 saturated carbocycles. The van der Waals surface area contributed by atoms with Crippen LogP contribution in [0.15, 0.2) is 6.20 Å². The number of methoxy groups -OCH3 is 1. The summed E-state index contributed by atoms with van der Waals surface area (Å²) in [5.74, 6) is 0.491. The molecule has 1 atom stereocenters. The molecule has 8 heteroatoms. The molecule has 0 spiro atoms. The second-order valence-corrected chi connectivity index (χ2v) is 7.15. The Hall–Kier alpha value is -2.16. The molecule has 1 fully saturated rings. The van der Waals surface area contributed by atoms with E-state index in [1.807, 2.05) is 0 Å². The lowest BCUT2D eigenvalue weighted by Crippen LogP contribution is -2.39. The topological polar surface area (TPSA) is 96.9 Å². The first-order valence-electron chi connectivity index (χ1n) is 9.39. The zero-order valence-corrected chi connectivity index (χ0v) is 15.5. The Balaban J connectivity index is 1.77.